The molecule has 0 spiro atoms. The largest absolute Gasteiger partial charge is 0.350 e. The number of carbonyl (C=O) groups is 2. The summed E-state index contributed by atoms with van der Waals surface area (Å²) >= 11 is 1.01. The van der Waals surface area contributed by atoms with Crippen molar-refractivity contribution in [1.29, 1.82) is 0 Å². The highest BCUT2D eigenvalue weighted by molar-refractivity contribution is 7.91. The van der Waals surface area contributed by atoms with Crippen LogP contribution in [0.1, 0.15) is 36.0 Å². The molecule has 1 unspecified atom stereocenters. The molecule has 1 saturated heterocycles. The van der Waals surface area contributed by atoms with Gasteiger partial charge in [0.25, 0.3) is 21.8 Å². The molecule has 0 radical (unpaired) electrons. The van der Waals surface area contributed by atoms with Crippen LogP contribution in [0.3, 0.4) is 0 Å². The van der Waals surface area contributed by atoms with Gasteiger partial charge in [-0.1, -0.05) is 6.07 Å². The fraction of sp³-hybridized carbons (Fsp3) is 0.429. The molecule has 1 saturated carbocycles. The van der Waals surface area contributed by atoms with Crippen molar-refractivity contribution in [1.82, 2.24) is 14.5 Å². The highest BCUT2D eigenvalue weighted by Gasteiger charge is 2.47. The number of nitrogens with zero attached hydrogens (tertiary/aromatic N) is 2. The summed E-state index contributed by atoms with van der Waals surface area (Å²) in [4.78, 5) is 27.5. The minimum Gasteiger partial charge on any atom is -0.350 e. The van der Waals surface area contributed by atoms with Crippen molar-refractivity contribution in [2.24, 2.45) is 5.73 Å². The van der Waals surface area contributed by atoms with Gasteiger partial charge in [0.1, 0.15) is 4.21 Å². The number of rotatable bonds is 5. The topological polar surface area (TPSA) is 113 Å². The van der Waals surface area contributed by atoms with Gasteiger partial charge in [-0.3, -0.25) is 9.59 Å². The van der Waals surface area contributed by atoms with E-state index in [4.69, 9.17) is 5.73 Å². The number of amides is 2. The average molecular weight is 499 g/mol. The maximum absolute atomic E-state index is 13.7. The molecular weight excluding hydrogens is 474 g/mol. The first kappa shape index (κ1) is 23.7. The monoisotopic (exact) mass is 498 g/mol. The number of thiophene rings is 1. The van der Waals surface area contributed by atoms with Gasteiger partial charge in [-0.2, -0.15) is 4.31 Å². The van der Waals surface area contributed by atoms with E-state index in [-0.39, 0.29) is 34.9 Å². The van der Waals surface area contributed by atoms with Crippen LogP contribution in [0.2, 0.25) is 0 Å². The summed E-state index contributed by atoms with van der Waals surface area (Å²) in [5.74, 6) is -3.71. The van der Waals surface area contributed by atoms with Gasteiger partial charge in [0.05, 0.1) is 0 Å². The summed E-state index contributed by atoms with van der Waals surface area (Å²) < 4.78 is 54.6. The minimum absolute atomic E-state index is 0.0473. The molecule has 33 heavy (non-hydrogen) atoms. The average Bonchev–Trinajstić information content (AvgIpc) is 3.47. The first-order valence-corrected chi connectivity index (χ1v) is 12.9. The molecule has 8 nitrogen and oxygen atoms in total. The summed E-state index contributed by atoms with van der Waals surface area (Å²) in [5, 5.41) is 4.47. The fourth-order valence-corrected chi connectivity index (χ4v) is 6.87. The van der Waals surface area contributed by atoms with Gasteiger partial charge in [-0.05, 0) is 55.3 Å². The molecule has 1 aromatic carbocycles. The molecule has 2 aliphatic rings. The van der Waals surface area contributed by atoms with Crippen molar-refractivity contribution in [3.05, 3.63) is 52.9 Å². The number of hydrogen-bond donors (Lipinski definition) is 2. The van der Waals surface area contributed by atoms with Crippen LogP contribution in [0.25, 0.3) is 0 Å². The third kappa shape index (κ3) is 4.79. The van der Waals surface area contributed by atoms with Crippen LogP contribution < -0.4 is 11.1 Å². The van der Waals surface area contributed by atoms with E-state index in [1.165, 1.54) is 6.07 Å². The van der Waals surface area contributed by atoms with Crippen molar-refractivity contribution in [2.75, 3.05) is 13.1 Å². The van der Waals surface area contributed by atoms with Crippen LogP contribution in [0.5, 0.6) is 0 Å². The smallest absolute Gasteiger partial charge is 0.259 e. The normalized spacial score (nSPS) is 24.1. The molecule has 1 aliphatic carbocycles. The van der Waals surface area contributed by atoms with E-state index < -0.39 is 39.6 Å². The van der Waals surface area contributed by atoms with E-state index in [1.54, 1.807) is 11.4 Å². The Kier molecular flexibility index (Phi) is 6.80. The van der Waals surface area contributed by atoms with Gasteiger partial charge in [0.15, 0.2) is 17.8 Å². The van der Waals surface area contributed by atoms with Crippen LogP contribution in [0.15, 0.2) is 39.9 Å². The zero-order valence-corrected chi connectivity index (χ0v) is 19.2. The van der Waals surface area contributed by atoms with E-state index in [0.29, 0.717) is 12.8 Å². The number of nitrogens with two attached hydrogens (primary N) is 1. The lowest BCUT2D eigenvalue weighted by molar-refractivity contribution is -0.128. The summed E-state index contributed by atoms with van der Waals surface area (Å²) in [5.41, 5.74) is 5.75. The Balaban J connectivity index is 1.64. The molecular formula is C21H24F2N4O4S2. The van der Waals surface area contributed by atoms with E-state index in [0.717, 1.165) is 51.6 Å². The lowest BCUT2D eigenvalue weighted by Crippen LogP contribution is -2.56. The van der Waals surface area contributed by atoms with Gasteiger partial charge >= 0.3 is 0 Å². The maximum Gasteiger partial charge on any atom is 0.259 e. The molecule has 1 atom stereocenters. The van der Waals surface area contributed by atoms with Crippen LogP contribution in [0.4, 0.5) is 8.78 Å². The number of nitrogens with one attached hydrogen (secondary N) is 1. The predicted octanol–water partition coefficient (Wildman–Crippen LogP) is 1.89. The van der Waals surface area contributed by atoms with Crippen molar-refractivity contribution in [3.8, 4) is 0 Å². The Labute approximate surface area is 194 Å². The number of benzene rings is 1. The summed E-state index contributed by atoms with van der Waals surface area (Å²) in [6.07, 6.45) is 1.30. The van der Waals surface area contributed by atoms with Gasteiger partial charge in [0.2, 0.25) is 0 Å². The Bertz CT molecular complexity index is 1140. The van der Waals surface area contributed by atoms with Crippen LogP contribution in [-0.4, -0.2) is 60.8 Å². The standard InChI is InChI=1S/C21H24F2N4O4S2/c22-16-8-3-13(12-17(16)23)21(29)26-9-10-27(33(30,31)18-2-1-11-32-18)20(26)19(28)25-15-6-4-14(24)5-7-15/h1-3,8,11-12,14-15,20H,4-7,9-10,24H2,(H,25,28). The molecule has 2 amide bonds. The van der Waals surface area contributed by atoms with Gasteiger partial charge in [-0.25, -0.2) is 17.2 Å². The molecule has 2 fully saturated rings. The number of sulfonamides is 1. The lowest BCUT2D eigenvalue weighted by Gasteiger charge is -2.32. The Morgan fingerprint density at radius 3 is 2.42 bits per heavy atom. The number of carbonyl (C=O) groups excluding carboxylic acids is 2. The number of halogens is 2. The third-order valence-corrected chi connectivity index (χ3v) is 9.19. The summed E-state index contributed by atoms with van der Waals surface area (Å²) in [7, 11) is -4.06. The van der Waals surface area contributed by atoms with Crippen molar-refractivity contribution in [3.63, 3.8) is 0 Å². The third-order valence-electron chi connectivity index (χ3n) is 5.97. The van der Waals surface area contributed by atoms with Crippen molar-refractivity contribution < 1.29 is 26.8 Å². The second-order valence-corrected chi connectivity index (χ2v) is 11.2. The zero-order valence-electron chi connectivity index (χ0n) is 17.6. The Hall–Kier alpha value is -2.41. The highest BCUT2D eigenvalue weighted by atomic mass is 32.2. The zero-order chi connectivity index (χ0) is 23.8. The molecule has 3 N–H and O–H groups in total. The minimum atomic E-state index is -4.06. The summed E-state index contributed by atoms with van der Waals surface area (Å²) in [6, 6.07) is 5.55. The van der Waals surface area contributed by atoms with E-state index in [9.17, 15) is 26.8 Å². The molecule has 1 aromatic heterocycles. The molecule has 2 heterocycles. The molecule has 0 bridgehead atoms. The molecule has 12 heteroatoms. The summed E-state index contributed by atoms with van der Waals surface area (Å²) in [6.45, 7) is -0.181. The Morgan fingerprint density at radius 1 is 1.06 bits per heavy atom. The van der Waals surface area contributed by atoms with Gasteiger partial charge in [0, 0.05) is 30.7 Å². The predicted molar refractivity (Wildman–Crippen MR) is 118 cm³/mol. The van der Waals surface area contributed by atoms with E-state index in [1.807, 2.05) is 0 Å². The fourth-order valence-electron chi connectivity index (χ4n) is 4.20. The molecule has 4 rings (SSSR count). The number of hydrogen-bond acceptors (Lipinski definition) is 6. The van der Waals surface area contributed by atoms with E-state index in [2.05, 4.69) is 5.32 Å². The second kappa shape index (κ2) is 9.45. The SMILES string of the molecule is NC1CCC(NC(=O)C2N(C(=O)c3ccc(F)c(F)c3)CCN2S(=O)(=O)c2cccs2)CC1. The second-order valence-electron chi connectivity index (χ2n) is 8.17. The molecule has 178 valence electrons. The maximum atomic E-state index is 13.7. The van der Waals surface area contributed by atoms with Crippen molar-refractivity contribution in [2.45, 2.75) is 48.1 Å². The van der Waals surface area contributed by atoms with Crippen molar-refractivity contribution >= 4 is 33.2 Å². The lowest BCUT2D eigenvalue weighted by atomic mass is 9.92. The van der Waals surface area contributed by atoms with Gasteiger partial charge < -0.3 is 16.0 Å². The van der Waals surface area contributed by atoms with Gasteiger partial charge in [-0.15, -0.1) is 11.3 Å². The van der Waals surface area contributed by atoms with Crippen LogP contribution in [-0.2, 0) is 14.8 Å². The first-order chi connectivity index (χ1) is 15.7. The Morgan fingerprint density at radius 2 is 1.79 bits per heavy atom. The molecule has 2 aromatic rings. The highest BCUT2D eigenvalue weighted by Crippen LogP contribution is 2.29. The first-order valence-electron chi connectivity index (χ1n) is 10.6. The molecule has 1 aliphatic heterocycles. The van der Waals surface area contributed by atoms with Crippen LogP contribution in [0, 0.1) is 11.6 Å². The van der Waals surface area contributed by atoms with E-state index >= 15 is 0 Å². The quantitative estimate of drug-likeness (QED) is 0.654. The van der Waals surface area contributed by atoms with Crippen LogP contribution >= 0.6 is 11.3 Å².